The Hall–Kier alpha value is -8.20. The molecule has 1 aliphatic heterocycles. The van der Waals surface area contributed by atoms with Gasteiger partial charge in [-0.15, -0.1) is 0 Å². The van der Waals surface area contributed by atoms with Gasteiger partial charge < -0.3 is 9.47 Å². The number of para-hydroxylation sites is 4. The molecule has 11 aromatic rings. The monoisotopic (exact) mass is 840 g/mol. The molecule has 0 amide bonds. The van der Waals surface area contributed by atoms with Crippen LogP contribution in [0.2, 0.25) is 0 Å². The van der Waals surface area contributed by atoms with E-state index in [0.29, 0.717) is 0 Å². The van der Waals surface area contributed by atoms with Gasteiger partial charge in [-0.05, 0) is 127 Å². The third-order valence-electron chi connectivity index (χ3n) is 15.2. The minimum atomic E-state index is -0.526. The van der Waals surface area contributed by atoms with Crippen molar-refractivity contribution >= 4 is 38.9 Å². The molecule has 10 aromatic carbocycles. The summed E-state index contributed by atoms with van der Waals surface area (Å²) in [5.74, 6) is 0. The Kier molecular flexibility index (Phi) is 7.70. The van der Waals surface area contributed by atoms with Crippen molar-refractivity contribution in [1.29, 1.82) is 0 Å². The van der Waals surface area contributed by atoms with Gasteiger partial charge in [0.1, 0.15) is 0 Å². The van der Waals surface area contributed by atoms with Crippen LogP contribution in [-0.4, -0.2) is 4.57 Å². The lowest BCUT2D eigenvalue weighted by Gasteiger charge is -2.40. The molecule has 1 aromatic heterocycles. The van der Waals surface area contributed by atoms with E-state index in [2.05, 4.69) is 254 Å². The zero-order valence-corrected chi connectivity index (χ0v) is 36.8. The molecular weight excluding hydrogens is 797 g/mol. The van der Waals surface area contributed by atoms with Crippen molar-refractivity contribution in [3.05, 3.63) is 264 Å². The Bertz CT molecular complexity index is 3750. The highest BCUT2D eigenvalue weighted by Crippen LogP contribution is 2.61. The fourth-order valence-corrected chi connectivity index (χ4v) is 12.3. The van der Waals surface area contributed by atoms with Gasteiger partial charge in [0.05, 0.1) is 27.8 Å². The number of rotatable bonds is 5. The quantitative estimate of drug-likeness (QED) is 0.168. The average Bonchev–Trinajstić information content (AvgIpc) is 3.96. The van der Waals surface area contributed by atoms with Gasteiger partial charge in [0.15, 0.2) is 0 Å². The zero-order chi connectivity index (χ0) is 43.7. The lowest BCUT2D eigenvalue weighted by molar-refractivity contribution is 0.660. The molecule has 2 aliphatic carbocycles. The first-order valence-electron chi connectivity index (χ1n) is 23.2. The summed E-state index contributed by atoms with van der Waals surface area (Å²) in [6.45, 7) is 4.71. The van der Waals surface area contributed by atoms with Gasteiger partial charge in [0, 0.05) is 33.1 Å². The van der Waals surface area contributed by atoms with Crippen LogP contribution in [-0.2, 0) is 10.8 Å². The summed E-state index contributed by atoms with van der Waals surface area (Å²) in [4.78, 5) is 2.43. The average molecular weight is 841 g/mol. The van der Waals surface area contributed by atoms with Crippen LogP contribution in [0.25, 0.3) is 72.0 Å². The van der Waals surface area contributed by atoms with Crippen molar-refractivity contribution in [1.82, 2.24) is 4.57 Å². The Morgan fingerprint density at radius 1 is 0.348 bits per heavy atom. The largest absolute Gasteiger partial charge is 0.310 e. The normalized spacial score (nSPS) is 14.2. The molecule has 0 radical (unpaired) electrons. The van der Waals surface area contributed by atoms with Crippen LogP contribution in [0.15, 0.2) is 231 Å². The van der Waals surface area contributed by atoms with Crippen LogP contribution in [0.1, 0.15) is 47.2 Å². The van der Waals surface area contributed by atoms with E-state index in [9.17, 15) is 0 Å². The summed E-state index contributed by atoms with van der Waals surface area (Å²) in [5.41, 5.74) is 24.7. The van der Waals surface area contributed by atoms with Gasteiger partial charge in [-0.1, -0.05) is 190 Å². The van der Waals surface area contributed by atoms with Crippen LogP contribution >= 0.6 is 0 Å². The maximum absolute atomic E-state index is 2.54. The van der Waals surface area contributed by atoms with Crippen LogP contribution in [0.3, 0.4) is 0 Å². The smallest absolute Gasteiger partial charge is 0.0754 e. The molecule has 2 heterocycles. The summed E-state index contributed by atoms with van der Waals surface area (Å²) < 4.78 is 2.54. The number of aromatic nitrogens is 1. The Morgan fingerprint density at radius 3 is 1.64 bits per heavy atom. The predicted octanol–water partition coefficient (Wildman–Crippen LogP) is 16.6. The Morgan fingerprint density at radius 2 is 0.879 bits per heavy atom. The van der Waals surface area contributed by atoms with Crippen LogP contribution < -0.4 is 4.90 Å². The SMILES string of the molecule is CC1(C)c2ccccc2-c2ccc(-c3ccc(N(c4ccccc4)c4ccccc4-c4ccc5c(c4)C4(c6ccccc6-c6ccccc64)c4cccc6c7ccccc7n-5c46)cc3)cc21. The minimum absolute atomic E-state index is 0.0537. The molecule has 2 heteroatoms. The molecule has 0 N–H and O–H groups in total. The number of hydrogen-bond donors (Lipinski definition) is 0. The Balaban J connectivity index is 0.956. The first-order valence-corrected chi connectivity index (χ1v) is 23.2. The molecule has 0 fully saturated rings. The molecule has 14 rings (SSSR count). The van der Waals surface area contributed by atoms with Crippen LogP contribution in [0.4, 0.5) is 17.1 Å². The molecule has 2 nitrogen and oxygen atoms in total. The van der Waals surface area contributed by atoms with E-state index in [4.69, 9.17) is 0 Å². The summed E-state index contributed by atoms with van der Waals surface area (Å²) in [6.07, 6.45) is 0. The van der Waals surface area contributed by atoms with Gasteiger partial charge in [0.2, 0.25) is 0 Å². The third-order valence-corrected chi connectivity index (χ3v) is 15.2. The van der Waals surface area contributed by atoms with Crippen LogP contribution in [0, 0.1) is 0 Å². The predicted molar refractivity (Wildman–Crippen MR) is 275 cm³/mol. The molecule has 0 atom stereocenters. The number of anilines is 3. The van der Waals surface area contributed by atoms with E-state index >= 15 is 0 Å². The van der Waals surface area contributed by atoms with Crippen molar-refractivity contribution in [2.45, 2.75) is 24.7 Å². The van der Waals surface area contributed by atoms with Crippen molar-refractivity contribution in [3.8, 4) is 50.2 Å². The molecule has 3 aliphatic rings. The molecule has 0 saturated heterocycles. The fraction of sp³-hybridized carbons (Fsp3) is 0.0625. The molecule has 0 bridgehead atoms. The van der Waals surface area contributed by atoms with Crippen LogP contribution in [0.5, 0.6) is 0 Å². The van der Waals surface area contributed by atoms with E-state index in [1.807, 2.05) is 0 Å². The lowest BCUT2D eigenvalue weighted by atomic mass is 9.65. The van der Waals surface area contributed by atoms with Crippen molar-refractivity contribution < 1.29 is 0 Å². The van der Waals surface area contributed by atoms with E-state index in [-0.39, 0.29) is 5.41 Å². The standard InChI is InChI=1S/C64H44N2/c1-63(2)53-25-11-6-20-47(53)50-37-33-42(39-57(50)63)41-31-35-45(36-32-41)65(44-17-4-3-5-18-44)59-29-14-9-19-46(59)43-34-38-61-58(40-43)64(54-26-12-7-21-48(54)49-22-8-13-27-55(49)64)56-28-16-24-52-51-23-10-15-30-60(51)66(61)62(52)56/h3-40H,1-2H3. The maximum atomic E-state index is 2.54. The highest BCUT2D eigenvalue weighted by Gasteiger charge is 2.51. The first kappa shape index (κ1) is 37.2. The van der Waals surface area contributed by atoms with Gasteiger partial charge in [-0.3, -0.25) is 0 Å². The second kappa shape index (κ2) is 13.7. The number of nitrogens with zero attached hydrogens (tertiary/aromatic N) is 2. The van der Waals surface area contributed by atoms with Gasteiger partial charge in [0.25, 0.3) is 0 Å². The lowest BCUT2D eigenvalue weighted by Crippen LogP contribution is -2.33. The first-order chi connectivity index (χ1) is 32.5. The van der Waals surface area contributed by atoms with E-state index in [1.165, 1.54) is 105 Å². The molecule has 310 valence electrons. The fourth-order valence-electron chi connectivity index (χ4n) is 12.3. The highest BCUT2D eigenvalue weighted by molar-refractivity contribution is 6.13. The summed E-state index contributed by atoms with van der Waals surface area (Å²) >= 11 is 0. The van der Waals surface area contributed by atoms with E-state index < -0.39 is 5.41 Å². The van der Waals surface area contributed by atoms with Crippen molar-refractivity contribution in [3.63, 3.8) is 0 Å². The van der Waals surface area contributed by atoms with Crippen molar-refractivity contribution in [2.24, 2.45) is 0 Å². The van der Waals surface area contributed by atoms with Crippen molar-refractivity contribution in [2.75, 3.05) is 4.90 Å². The van der Waals surface area contributed by atoms with Gasteiger partial charge in [-0.25, -0.2) is 0 Å². The number of benzene rings is 10. The van der Waals surface area contributed by atoms with E-state index in [0.717, 1.165) is 17.1 Å². The molecule has 0 saturated carbocycles. The highest BCUT2D eigenvalue weighted by atomic mass is 15.1. The number of fused-ring (bicyclic) bond motifs is 15. The zero-order valence-electron chi connectivity index (χ0n) is 36.8. The molecule has 0 unspecified atom stereocenters. The third kappa shape index (κ3) is 4.91. The molecular formula is C64H44N2. The molecule has 66 heavy (non-hydrogen) atoms. The van der Waals surface area contributed by atoms with E-state index in [1.54, 1.807) is 0 Å². The van der Waals surface area contributed by atoms with Gasteiger partial charge >= 0.3 is 0 Å². The number of hydrogen-bond acceptors (Lipinski definition) is 1. The van der Waals surface area contributed by atoms with Gasteiger partial charge in [-0.2, -0.15) is 0 Å². The Labute approximate surface area is 385 Å². The second-order valence-electron chi connectivity index (χ2n) is 18.8. The topological polar surface area (TPSA) is 8.17 Å². The summed E-state index contributed by atoms with van der Waals surface area (Å²) in [7, 11) is 0. The second-order valence-corrected chi connectivity index (χ2v) is 18.8. The summed E-state index contributed by atoms with van der Waals surface area (Å²) in [6, 6.07) is 86.2. The minimum Gasteiger partial charge on any atom is -0.310 e. The molecule has 1 spiro atoms. The summed E-state index contributed by atoms with van der Waals surface area (Å²) in [5, 5.41) is 2.57. The maximum Gasteiger partial charge on any atom is 0.0754 e.